The highest BCUT2D eigenvalue weighted by atomic mass is 32.2. The fourth-order valence-corrected chi connectivity index (χ4v) is 1.82. The molecule has 0 radical (unpaired) electrons. The molecule has 0 saturated heterocycles. The summed E-state index contributed by atoms with van der Waals surface area (Å²) >= 11 is 1.37. The van der Waals surface area contributed by atoms with Crippen LogP contribution in [0, 0.1) is 0 Å². The Morgan fingerprint density at radius 3 is 3.06 bits per heavy atom. The molecule has 7 heteroatoms. The molecule has 90 valence electrons. The van der Waals surface area contributed by atoms with E-state index in [1.807, 2.05) is 6.92 Å². The average Bonchev–Trinajstić information content (AvgIpc) is 2.66. The van der Waals surface area contributed by atoms with Gasteiger partial charge in [0.15, 0.2) is 5.82 Å². The molecule has 1 atom stereocenters. The van der Waals surface area contributed by atoms with Crippen molar-refractivity contribution in [2.75, 3.05) is 5.75 Å². The molecule has 16 heavy (non-hydrogen) atoms. The first-order valence-corrected chi connectivity index (χ1v) is 6.16. The molecular formula is C9H15N3O3S. The molecule has 1 heterocycles. The van der Waals surface area contributed by atoms with E-state index in [0.29, 0.717) is 23.2 Å². The van der Waals surface area contributed by atoms with E-state index >= 15 is 0 Å². The second-order valence-corrected chi connectivity index (χ2v) is 4.34. The minimum absolute atomic E-state index is 0.334. The lowest BCUT2D eigenvalue weighted by Crippen LogP contribution is -2.32. The quantitative estimate of drug-likeness (QED) is 0.727. The van der Waals surface area contributed by atoms with Crippen molar-refractivity contribution in [3.8, 4) is 0 Å². The third-order valence-electron chi connectivity index (χ3n) is 1.82. The molecule has 0 fully saturated rings. The van der Waals surface area contributed by atoms with Gasteiger partial charge < -0.3 is 15.4 Å². The standard InChI is InChI=1S/C9H15N3O3S/c1-2-3-7-11-8(15-12-7)5-16-4-6(10)9(13)14/h6H,2-5,10H2,1H3,(H,13,14)/t6-/m0/s1. The Labute approximate surface area is 97.6 Å². The van der Waals surface area contributed by atoms with Crippen molar-refractivity contribution in [2.24, 2.45) is 5.73 Å². The number of thioether (sulfide) groups is 1. The molecule has 0 bridgehead atoms. The lowest BCUT2D eigenvalue weighted by molar-refractivity contribution is -0.137. The molecule has 1 aromatic heterocycles. The van der Waals surface area contributed by atoms with Crippen LogP contribution in [-0.4, -0.2) is 33.0 Å². The van der Waals surface area contributed by atoms with Crippen LogP contribution in [0.2, 0.25) is 0 Å². The van der Waals surface area contributed by atoms with Gasteiger partial charge in [0, 0.05) is 12.2 Å². The Hall–Kier alpha value is -1.08. The Morgan fingerprint density at radius 1 is 1.69 bits per heavy atom. The summed E-state index contributed by atoms with van der Waals surface area (Å²) in [5.74, 6) is 1.05. The van der Waals surface area contributed by atoms with Crippen LogP contribution in [0.1, 0.15) is 25.1 Å². The molecule has 0 amide bonds. The van der Waals surface area contributed by atoms with Crippen molar-refractivity contribution in [2.45, 2.75) is 31.6 Å². The van der Waals surface area contributed by atoms with Crippen molar-refractivity contribution in [3.05, 3.63) is 11.7 Å². The van der Waals surface area contributed by atoms with E-state index in [-0.39, 0.29) is 0 Å². The Bertz CT molecular complexity index is 342. The van der Waals surface area contributed by atoms with Crippen molar-refractivity contribution in [1.29, 1.82) is 0 Å². The van der Waals surface area contributed by atoms with Gasteiger partial charge in [-0.25, -0.2) is 0 Å². The molecule has 0 spiro atoms. The fourth-order valence-electron chi connectivity index (χ4n) is 1.02. The average molecular weight is 245 g/mol. The lowest BCUT2D eigenvalue weighted by Gasteiger charge is -2.03. The molecule has 0 aliphatic heterocycles. The number of nitrogens with zero attached hydrogens (tertiary/aromatic N) is 2. The number of rotatable bonds is 7. The van der Waals surface area contributed by atoms with E-state index in [9.17, 15) is 4.79 Å². The summed E-state index contributed by atoms with van der Waals surface area (Å²) in [4.78, 5) is 14.6. The molecule has 0 aromatic carbocycles. The molecule has 1 aromatic rings. The number of carboxylic acid groups (broad SMARTS) is 1. The normalized spacial score (nSPS) is 12.6. The first-order valence-electron chi connectivity index (χ1n) is 5.01. The summed E-state index contributed by atoms with van der Waals surface area (Å²) in [5.41, 5.74) is 5.35. The van der Waals surface area contributed by atoms with Crippen LogP contribution in [-0.2, 0) is 17.0 Å². The SMILES string of the molecule is CCCc1noc(CSC[C@H](N)C(=O)O)n1. The zero-order chi connectivity index (χ0) is 12.0. The van der Waals surface area contributed by atoms with Crippen LogP contribution in [0.15, 0.2) is 4.52 Å². The van der Waals surface area contributed by atoms with E-state index in [2.05, 4.69) is 10.1 Å². The number of carboxylic acids is 1. The van der Waals surface area contributed by atoms with Gasteiger partial charge in [-0.3, -0.25) is 4.79 Å². The number of hydrogen-bond acceptors (Lipinski definition) is 6. The van der Waals surface area contributed by atoms with Crippen LogP contribution in [0.3, 0.4) is 0 Å². The Morgan fingerprint density at radius 2 is 2.44 bits per heavy atom. The number of aromatic nitrogens is 2. The highest BCUT2D eigenvalue weighted by molar-refractivity contribution is 7.98. The van der Waals surface area contributed by atoms with Gasteiger partial charge in [-0.05, 0) is 6.42 Å². The smallest absolute Gasteiger partial charge is 0.321 e. The molecule has 0 aliphatic rings. The highest BCUT2D eigenvalue weighted by Crippen LogP contribution is 2.11. The van der Waals surface area contributed by atoms with E-state index in [1.54, 1.807) is 0 Å². The monoisotopic (exact) mass is 245 g/mol. The predicted molar refractivity (Wildman–Crippen MR) is 60.1 cm³/mol. The molecule has 0 aliphatic carbocycles. The Balaban J connectivity index is 2.29. The minimum atomic E-state index is -0.996. The first-order chi connectivity index (χ1) is 7.63. The van der Waals surface area contributed by atoms with Crippen LogP contribution in [0.4, 0.5) is 0 Å². The largest absolute Gasteiger partial charge is 0.480 e. The second kappa shape index (κ2) is 6.49. The molecule has 6 nitrogen and oxygen atoms in total. The van der Waals surface area contributed by atoms with Gasteiger partial charge in [-0.2, -0.15) is 4.98 Å². The van der Waals surface area contributed by atoms with Crippen molar-refractivity contribution < 1.29 is 14.4 Å². The molecule has 1 rings (SSSR count). The zero-order valence-electron chi connectivity index (χ0n) is 9.05. The minimum Gasteiger partial charge on any atom is -0.480 e. The summed E-state index contributed by atoms with van der Waals surface area (Å²) in [5, 5.41) is 12.4. The maximum atomic E-state index is 10.4. The number of aliphatic carboxylic acids is 1. The summed E-state index contributed by atoms with van der Waals surface area (Å²) in [6.07, 6.45) is 1.76. The van der Waals surface area contributed by atoms with Crippen molar-refractivity contribution >= 4 is 17.7 Å². The van der Waals surface area contributed by atoms with Crippen LogP contribution in [0.5, 0.6) is 0 Å². The van der Waals surface area contributed by atoms with E-state index in [4.69, 9.17) is 15.4 Å². The van der Waals surface area contributed by atoms with Crippen LogP contribution in [0.25, 0.3) is 0 Å². The summed E-state index contributed by atoms with van der Waals surface area (Å²) in [6, 6.07) is -0.844. The Kier molecular flexibility index (Phi) is 5.27. The first kappa shape index (κ1) is 13.0. The molecular weight excluding hydrogens is 230 g/mol. The van der Waals surface area contributed by atoms with E-state index in [0.717, 1.165) is 12.8 Å². The van der Waals surface area contributed by atoms with Gasteiger partial charge in [0.2, 0.25) is 5.89 Å². The summed E-state index contributed by atoms with van der Waals surface area (Å²) in [7, 11) is 0. The number of aryl methyl sites for hydroxylation is 1. The van der Waals surface area contributed by atoms with Crippen molar-refractivity contribution in [3.63, 3.8) is 0 Å². The molecule has 0 unspecified atom stereocenters. The second-order valence-electron chi connectivity index (χ2n) is 3.31. The zero-order valence-corrected chi connectivity index (χ0v) is 9.87. The number of nitrogens with two attached hydrogens (primary N) is 1. The van der Waals surface area contributed by atoms with Gasteiger partial charge in [-0.1, -0.05) is 12.1 Å². The number of hydrogen-bond donors (Lipinski definition) is 2. The maximum Gasteiger partial charge on any atom is 0.321 e. The summed E-state index contributed by atoms with van der Waals surface area (Å²) < 4.78 is 4.99. The number of carbonyl (C=O) groups is 1. The van der Waals surface area contributed by atoms with Gasteiger partial charge in [0.25, 0.3) is 0 Å². The van der Waals surface area contributed by atoms with E-state index in [1.165, 1.54) is 11.8 Å². The predicted octanol–water partition coefficient (Wildman–Crippen LogP) is 0.667. The van der Waals surface area contributed by atoms with Gasteiger partial charge in [0.1, 0.15) is 6.04 Å². The van der Waals surface area contributed by atoms with Gasteiger partial charge in [-0.15, -0.1) is 11.8 Å². The van der Waals surface area contributed by atoms with Crippen molar-refractivity contribution in [1.82, 2.24) is 10.1 Å². The van der Waals surface area contributed by atoms with Crippen LogP contribution >= 0.6 is 11.8 Å². The third-order valence-corrected chi connectivity index (χ3v) is 2.87. The lowest BCUT2D eigenvalue weighted by atomic mass is 10.3. The maximum absolute atomic E-state index is 10.4. The molecule has 3 N–H and O–H groups in total. The van der Waals surface area contributed by atoms with E-state index < -0.39 is 12.0 Å². The highest BCUT2D eigenvalue weighted by Gasteiger charge is 2.12. The van der Waals surface area contributed by atoms with Crippen LogP contribution < -0.4 is 5.73 Å². The fraction of sp³-hybridized carbons (Fsp3) is 0.667. The van der Waals surface area contributed by atoms with Gasteiger partial charge in [0.05, 0.1) is 5.75 Å². The topological polar surface area (TPSA) is 102 Å². The van der Waals surface area contributed by atoms with Gasteiger partial charge >= 0.3 is 5.97 Å². The molecule has 0 saturated carbocycles. The summed E-state index contributed by atoms with van der Waals surface area (Å²) in [6.45, 7) is 2.04. The third kappa shape index (κ3) is 4.19.